The first kappa shape index (κ1) is 18.1. The molecule has 2 aromatic rings. The summed E-state index contributed by atoms with van der Waals surface area (Å²) in [5.74, 6) is 1.66. The van der Waals surface area contributed by atoms with E-state index in [4.69, 9.17) is 19.9 Å². The third-order valence-electron chi connectivity index (χ3n) is 3.93. The minimum Gasteiger partial charge on any atom is -0.494 e. The van der Waals surface area contributed by atoms with E-state index in [2.05, 4.69) is 0 Å². The number of methoxy groups -OCH3 is 2. The molecular formula is C19H24FNO3. The van der Waals surface area contributed by atoms with Gasteiger partial charge in [-0.15, -0.1) is 0 Å². The van der Waals surface area contributed by atoms with Gasteiger partial charge in [-0.3, -0.25) is 0 Å². The molecule has 1 unspecified atom stereocenters. The zero-order valence-electron chi connectivity index (χ0n) is 14.3. The fourth-order valence-corrected chi connectivity index (χ4v) is 2.74. The van der Waals surface area contributed by atoms with Crippen LogP contribution in [0, 0.1) is 5.82 Å². The Morgan fingerprint density at radius 3 is 2.33 bits per heavy atom. The molecule has 0 fully saturated rings. The van der Waals surface area contributed by atoms with Crippen LogP contribution in [-0.2, 0) is 6.42 Å². The third-order valence-corrected chi connectivity index (χ3v) is 3.93. The highest BCUT2D eigenvalue weighted by atomic mass is 19.1. The Hall–Kier alpha value is -2.27. The molecule has 2 N–H and O–H groups in total. The Balaban J connectivity index is 2.31. The molecule has 2 rings (SSSR count). The molecule has 5 heteroatoms. The largest absolute Gasteiger partial charge is 0.494 e. The Morgan fingerprint density at radius 1 is 1.00 bits per heavy atom. The number of halogens is 1. The SMILES string of the molecule is CCOc1ccc(F)cc1C(CN)Cc1ccc(OC)c(OC)c1. The van der Waals surface area contributed by atoms with E-state index < -0.39 is 0 Å². The Bertz CT molecular complexity index is 676. The van der Waals surface area contributed by atoms with Crippen LogP contribution in [0.1, 0.15) is 24.0 Å². The Morgan fingerprint density at radius 2 is 1.71 bits per heavy atom. The van der Waals surface area contributed by atoms with Gasteiger partial charge in [0.05, 0.1) is 20.8 Å². The van der Waals surface area contributed by atoms with Crippen molar-refractivity contribution in [3.63, 3.8) is 0 Å². The lowest BCUT2D eigenvalue weighted by Crippen LogP contribution is -2.16. The van der Waals surface area contributed by atoms with Crippen molar-refractivity contribution in [1.82, 2.24) is 0 Å². The van der Waals surface area contributed by atoms with Crippen molar-refractivity contribution < 1.29 is 18.6 Å². The van der Waals surface area contributed by atoms with Crippen molar-refractivity contribution >= 4 is 0 Å². The minimum absolute atomic E-state index is 0.0552. The highest BCUT2D eigenvalue weighted by Crippen LogP contribution is 2.33. The van der Waals surface area contributed by atoms with Gasteiger partial charge in [-0.1, -0.05) is 6.07 Å². The van der Waals surface area contributed by atoms with E-state index in [1.165, 1.54) is 12.1 Å². The fraction of sp³-hybridized carbons (Fsp3) is 0.368. The van der Waals surface area contributed by atoms with Gasteiger partial charge in [0.1, 0.15) is 11.6 Å². The van der Waals surface area contributed by atoms with Crippen LogP contribution in [-0.4, -0.2) is 27.4 Å². The number of rotatable bonds is 8. The van der Waals surface area contributed by atoms with Crippen LogP contribution < -0.4 is 19.9 Å². The monoisotopic (exact) mass is 333 g/mol. The standard InChI is InChI=1S/C19H24FNO3/c1-4-24-17-8-6-15(20)11-16(17)14(12-21)9-13-5-7-18(22-2)19(10-13)23-3/h5-8,10-11,14H,4,9,12,21H2,1-3H3. The molecule has 0 heterocycles. The molecule has 0 spiro atoms. The van der Waals surface area contributed by atoms with Gasteiger partial charge in [0.2, 0.25) is 0 Å². The van der Waals surface area contributed by atoms with Crippen LogP contribution in [0.25, 0.3) is 0 Å². The summed E-state index contributed by atoms with van der Waals surface area (Å²) in [5, 5.41) is 0. The summed E-state index contributed by atoms with van der Waals surface area (Å²) in [4.78, 5) is 0. The maximum Gasteiger partial charge on any atom is 0.160 e. The first-order valence-electron chi connectivity index (χ1n) is 7.96. The van der Waals surface area contributed by atoms with Gasteiger partial charge in [0, 0.05) is 11.5 Å². The molecule has 1 atom stereocenters. The molecule has 0 aliphatic heterocycles. The van der Waals surface area contributed by atoms with E-state index in [1.807, 2.05) is 25.1 Å². The van der Waals surface area contributed by atoms with E-state index in [-0.39, 0.29) is 11.7 Å². The smallest absolute Gasteiger partial charge is 0.160 e. The topological polar surface area (TPSA) is 53.7 Å². The van der Waals surface area contributed by atoms with Gasteiger partial charge in [0.15, 0.2) is 11.5 Å². The van der Waals surface area contributed by atoms with E-state index in [0.29, 0.717) is 36.8 Å². The average molecular weight is 333 g/mol. The zero-order valence-corrected chi connectivity index (χ0v) is 14.3. The lowest BCUT2D eigenvalue weighted by molar-refractivity contribution is 0.333. The van der Waals surface area contributed by atoms with Crippen LogP contribution in [0.2, 0.25) is 0 Å². The van der Waals surface area contributed by atoms with E-state index >= 15 is 0 Å². The van der Waals surface area contributed by atoms with Crippen molar-refractivity contribution in [3.05, 3.63) is 53.3 Å². The highest BCUT2D eigenvalue weighted by molar-refractivity contribution is 5.44. The van der Waals surface area contributed by atoms with Crippen LogP contribution in [0.15, 0.2) is 36.4 Å². The van der Waals surface area contributed by atoms with Crippen LogP contribution in [0.4, 0.5) is 4.39 Å². The van der Waals surface area contributed by atoms with E-state index in [9.17, 15) is 4.39 Å². The maximum atomic E-state index is 13.7. The predicted molar refractivity (Wildman–Crippen MR) is 92.6 cm³/mol. The van der Waals surface area contributed by atoms with E-state index in [0.717, 1.165) is 11.1 Å². The first-order valence-corrected chi connectivity index (χ1v) is 7.96. The average Bonchev–Trinajstić information content (AvgIpc) is 2.61. The molecule has 0 aliphatic rings. The molecule has 0 aliphatic carbocycles. The summed E-state index contributed by atoms with van der Waals surface area (Å²) in [7, 11) is 3.20. The number of hydrogen-bond donors (Lipinski definition) is 1. The van der Waals surface area contributed by atoms with Gasteiger partial charge >= 0.3 is 0 Å². The molecule has 130 valence electrons. The molecule has 0 bridgehead atoms. The Kier molecular flexibility index (Phi) is 6.44. The molecule has 0 saturated carbocycles. The summed E-state index contributed by atoms with van der Waals surface area (Å²) in [6.07, 6.45) is 0.653. The number of benzene rings is 2. The van der Waals surface area contributed by atoms with Crippen molar-refractivity contribution in [2.24, 2.45) is 5.73 Å². The molecule has 24 heavy (non-hydrogen) atoms. The summed E-state index contributed by atoms with van der Waals surface area (Å²) < 4.78 is 29.9. The second-order valence-corrected chi connectivity index (χ2v) is 5.44. The zero-order chi connectivity index (χ0) is 17.5. The van der Waals surface area contributed by atoms with Crippen LogP contribution in [0.3, 0.4) is 0 Å². The minimum atomic E-state index is -0.292. The first-order chi connectivity index (χ1) is 11.6. The number of ether oxygens (including phenoxy) is 3. The van der Waals surface area contributed by atoms with Crippen molar-refractivity contribution in [3.8, 4) is 17.2 Å². The molecular weight excluding hydrogens is 309 g/mol. The van der Waals surface area contributed by atoms with Gasteiger partial charge < -0.3 is 19.9 Å². The number of nitrogens with two attached hydrogens (primary N) is 1. The second kappa shape index (κ2) is 8.55. The summed E-state index contributed by atoms with van der Waals surface area (Å²) >= 11 is 0. The predicted octanol–water partition coefficient (Wildman–Crippen LogP) is 3.53. The summed E-state index contributed by atoms with van der Waals surface area (Å²) in [6.45, 7) is 2.81. The molecule has 4 nitrogen and oxygen atoms in total. The quantitative estimate of drug-likeness (QED) is 0.803. The van der Waals surface area contributed by atoms with Gasteiger partial charge in [0.25, 0.3) is 0 Å². The molecule has 0 radical (unpaired) electrons. The lowest BCUT2D eigenvalue weighted by atomic mass is 9.91. The molecule has 2 aromatic carbocycles. The van der Waals surface area contributed by atoms with Crippen molar-refractivity contribution in [1.29, 1.82) is 0 Å². The van der Waals surface area contributed by atoms with Gasteiger partial charge in [-0.05, 0) is 55.8 Å². The fourth-order valence-electron chi connectivity index (χ4n) is 2.74. The van der Waals surface area contributed by atoms with Gasteiger partial charge in [-0.25, -0.2) is 4.39 Å². The maximum absolute atomic E-state index is 13.7. The van der Waals surface area contributed by atoms with Crippen LogP contribution >= 0.6 is 0 Å². The van der Waals surface area contributed by atoms with Crippen LogP contribution in [0.5, 0.6) is 17.2 Å². The summed E-state index contributed by atoms with van der Waals surface area (Å²) in [6, 6.07) is 10.3. The highest BCUT2D eigenvalue weighted by Gasteiger charge is 2.18. The third kappa shape index (κ3) is 4.17. The van der Waals surface area contributed by atoms with Gasteiger partial charge in [-0.2, -0.15) is 0 Å². The normalized spacial score (nSPS) is 11.9. The Labute approximate surface area is 142 Å². The molecule has 0 aromatic heterocycles. The van der Waals surface area contributed by atoms with Crippen molar-refractivity contribution in [2.45, 2.75) is 19.3 Å². The number of hydrogen-bond acceptors (Lipinski definition) is 4. The molecule has 0 saturated heterocycles. The summed E-state index contributed by atoms with van der Waals surface area (Å²) in [5.41, 5.74) is 7.78. The molecule has 0 amide bonds. The lowest BCUT2D eigenvalue weighted by Gasteiger charge is -2.20. The second-order valence-electron chi connectivity index (χ2n) is 5.44. The van der Waals surface area contributed by atoms with Crippen molar-refractivity contribution in [2.75, 3.05) is 27.4 Å². The van der Waals surface area contributed by atoms with E-state index in [1.54, 1.807) is 20.3 Å².